The molecule has 1 aromatic heterocycles. The molecule has 0 saturated carbocycles. The van der Waals surface area contributed by atoms with Crippen molar-refractivity contribution in [3.8, 4) is 0 Å². The third-order valence-electron chi connectivity index (χ3n) is 4.64. The highest BCUT2D eigenvalue weighted by molar-refractivity contribution is 6.02. The molecule has 2 atom stereocenters. The first-order valence-corrected chi connectivity index (χ1v) is 8.42. The fraction of sp³-hybridized carbons (Fsp3) is 0.444. The molecule has 1 N–H and O–H groups in total. The predicted octanol–water partition coefficient (Wildman–Crippen LogP) is 1.69. The van der Waals surface area contributed by atoms with Crippen LogP contribution < -0.4 is 10.2 Å². The van der Waals surface area contributed by atoms with Crippen molar-refractivity contribution in [1.29, 1.82) is 0 Å². The SMILES string of the molecule is Cc1cc(C)c(N2CCC(NC(=O)C(C)n3cncn3)C2=O)c(C)c1. The van der Waals surface area contributed by atoms with E-state index in [1.807, 2.05) is 20.8 Å². The molecule has 2 unspecified atom stereocenters. The topological polar surface area (TPSA) is 80.1 Å². The maximum absolute atomic E-state index is 12.8. The Bertz CT molecular complexity index is 777. The fourth-order valence-electron chi connectivity index (χ4n) is 3.46. The third kappa shape index (κ3) is 3.26. The Morgan fingerprint density at radius 1 is 1.28 bits per heavy atom. The molecule has 2 heterocycles. The van der Waals surface area contributed by atoms with Gasteiger partial charge in [-0.25, -0.2) is 9.67 Å². The average Bonchev–Trinajstić information content (AvgIpc) is 3.18. The monoisotopic (exact) mass is 341 g/mol. The number of benzene rings is 1. The van der Waals surface area contributed by atoms with Crippen LogP contribution >= 0.6 is 0 Å². The number of carbonyl (C=O) groups is 2. The van der Waals surface area contributed by atoms with Gasteiger partial charge in [0.25, 0.3) is 0 Å². The number of rotatable bonds is 4. The number of anilines is 1. The lowest BCUT2D eigenvalue weighted by Crippen LogP contribution is -2.44. The van der Waals surface area contributed by atoms with Crippen LogP contribution in [0.1, 0.15) is 36.1 Å². The molecule has 25 heavy (non-hydrogen) atoms. The highest BCUT2D eigenvalue weighted by atomic mass is 16.2. The van der Waals surface area contributed by atoms with Crippen molar-refractivity contribution in [2.45, 2.75) is 46.2 Å². The maximum Gasteiger partial charge on any atom is 0.249 e. The zero-order valence-electron chi connectivity index (χ0n) is 15.0. The van der Waals surface area contributed by atoms with Gasteiger partial charge in [0.1, 0.15) is 24.7 Å². The number of aromatic nitrogens is 3. The van der Waals surface area contributed by atoms with Gasteiger partial charge in [0.05, 0.1) is 0 Å². The van der Waals surface area contributed by atoms with E-state index in [2.05, 4.69) is 27.5 Å². The number of amides is 2. The maximum atomic E-state index is 12.8. The van der Waals surface area contributed by atoms with Crippen LogP contribution in [0.4, 0.5) is 5.69 Å². The molecule has 0 spiro atoms. The van der Waals surface area contributed by atoms with Crippen molar-refractivity contribution >= 4 is 17.5 Å². The molecule has 2 aromatic rings. The molecule has 1 aromatic carbocycles. The molecular weight excluding hydrogens is 318 g/mol. The summed E-state index contributed by atoms with van der Waals surface area (Å²) < 4.78 is 1.47. The van der Waals surface area contributed by atoms with Gasteiger partial charge in [-0.15, -0.1) is 0 Å². The van der Waals surface area contributed by atoms with E-state index in [4.69, 9.17) is 0 Å². The van der Waals surface area contributed by atoms with E-state index in [9.17, 15) is 9.59 Å². The van der Waals surface area contributed by atoms with Crippen LogP contribution in [-0.2, 0) is 9.59 Å². The summed E-state index contributed by atoms with van der Waals surface area (Å²) in [6.07, 6.45) is 3.47. The quantitative estimate of drug-likeness (QED) is 0.918. The van der Waals surface area contributed by atoms with Crippen LogP contribution in [0.3, 0.4) is 0 Å². The molecule has 0 radical (unpaired) electrons. The largest absolute Gasteiger partial charge is 0.342 e. The number of aryl methyl sites for hydroxylation is 3. The van der Waals surface area contributed by atoms with Gasteiger partial charge in [0.2, 0.25) is 11.8 Å². The van der Waals surface area contributed by atoms with E-state index >= 15 is 0 Å². The predicted molar refractivity (Wildman–Crippen MR) is 94.3 cm³/mol. The lowest BCUT2D eigenvalue weighted by Gasteiger charge is -2.22. The molecule has 7 heteroatoms. The van der Waals surface area contributed by atoms with Gasteiger partial charge < -0.3 is 10.2 Å². The summed E-state index contributed by atoms with van der Waals surface area (Å²) in [7, 11) is 0. The van der Waals surface area contributed by atoms with E-state index in [1.54, 1.807) is 11.8 Å². The second kappa shape index (κ2) is 6.66. The molecule has 1 aliphatic heterocycles. The second-order valence-corrected chi connectivity index (χ2v) is 6.64. The molecule has 7 nitrogen and oxygen atoms in total. The van der Waals surface area contributed by atoms with Crippen molar-refractivity contribution in [2.24, 2.45) is 0 Å². The molecular formula is C18H23N5O2. The first kappa shape index (κ1) is 17.1. The van der Waals surface area contributed by atoms with Gasteiger partial charge in [-0.3, -0.25) is 9.59 Å². The minimum atomic E-state index is -0.507. The van der Waals surface area contributed by atoms with E-state index in [0.29, 0.717) is 13.0 Å². The molecule has 0 aliphatic carbocycles. The smallest absolute Gasteiger partial charge is 0.249 e. The Balaban J connectivity index is 1.73. The molecule has 1 aliphatic rings. The normalized spacial score (nSPS) is 18.5. The molecule has 1 fully saturated rings. The Hall–Kier alpha value is -2.70. The van der Waals surface area contributed by atoms with Crippen LogP contribution in [0.5, 0.6) is 0 Å². The van der Waals surface area contributed by atoms with Gasteiger partial charge >= 0.3 is 0 Å². The highest BCUT2D eigenvalue weighted by Crippen LogP contribution is 2.30. The van der Waals surface area contributed by atoms with E-state index in [-0.39, 0.29) is 11.8 Å². The number of carbonyl (C=O) groups excluding carboxylic acids is 2. The van der Waals surface area contributed by atoms with Crippen molar-refractivity contribution < 1.29 is 9.59 Å². The van der Waals surface area contributed by atoms with E-state index in [0.717, 1.165) is 16.8 Å². The first-order valence-electron chi connectivity index (χ1n) is 8.42. The Morgan fingerprint density at radius 2 is 1.96 bits per heavy atom. The van der Waals surface area contributed by atoms with Crippen LogP contribution in [0.2, 0.25) is 0 Å². The van der Waals surface area contributed by atoms with Gasteiger partial charge in [0.15, 0.2) is 0 Å². The summed E-state index contributed by atoms with van der Waals surface area (Å²) in [4.78, 5) is 30.8. The minimum Gasteiger partial charge on any atom is -0.342 e. The van der Waals surface area contributed by atoms with Crippen LogP contribution in [0.15, 0.2) is 24.8 Å². The fourth-order valence-corrected chi connectivity index (χ4v) is 3.46. The number of nitrogens with zero attached hydrogens (tertiary/aromatic N) is 4. The third-order valence-corrected chi connectivity index (χ3v) is 4.64. The Morgan fingerprint density at radius 3 is 2.56 bits per heavy atom. The van der Waals surface area contributed by atoms with Crippen molar-refractivity contribution in [1.82, 2.24) is 20.1 Å². The zero-order valence-corrected chi connectivity index (χ0v) is 15.0. The van der Waals surface area contributed by atoms with Crippen LogP contribution in [-0.4, -0.2) is 39.2 Å². The van der Waals surface area contributed by atoms with E-state index in [1.165, 1.54) is 22.9 Å². The summed E-state index contributed by atoms with van der Waals surface area (Å²) in [6.45, 7) is 8.41. The van der Waals surface area contributed by atoms with Gasteiger partial charge in [-0.1, -0.05) is 17.7 Å². The number of hydrogen-bond acceptors (Lipinski definition) is 4. The van der Waals surface area contributed by atoms with Crippen LogP contribution in [0, 0.1) is 20.8 Å². The first-order chi connectivity index (χ1) is 11.9. The highest BCUT2D eigenvalue weighted by Gasteiger charge is 2.35. The number of nitrogens with one attached hydrogen (secondary N) is 1. The summed E-state index contributed by atoms with van der Waals surface area (Å²) >= 11 is 0. The zero-order chi connectivity index (χ0) is 18.1. The van der Waals surface area contributed by atoms with Gasteiger partial charge in [-0.05, 0) is 45.2 Å². The number of hydrogen-bond donors (Lipinski definition) is 1. The van der Waals surface area contributed by atoms with Crippen molar-refractivity contribution in [3.63, 3.8) is 0 Å². The lowest BCUT2D eigenvalue weighted by molar-refractivity contribution is -0.128. The summed E-state index contributed by atoms with van der Waals surface area (Å²) in [5.41, 5.74) is 4.29. The lowest BCUT2D eigenvalue weighted by atomic mass is 10.0. The van der Waals surface area contributed by atoms with Crippen molar-refractivity contribution in [2.75, 3.05) is 11.4 Å². The molecule has 0 bridgehead atoms. The molecule has 1 saturated heterocycles. The standard InChI is InChI=1S/C18H23N5O2/c1-11-7-12(2)16(13(3)8-11)22-6-5-15(18(22)25)21-17(24)14(4)23-10-19-9-20-23/h7-10,14-15H,5-6H2,1-4H3,(H,21,24). The van der Waals surface area contributed by atoms with Crippen LogP contribution in [0.25, 0.3) is 0 Å². The Kier molecular flexibility index (Phi) is 4.57. The molecule has 2 amide bonds. The second-order valence-electron chi connectivity index (χ2n) is 6.64. The Labute approximate surface area is 147 Å². The summed E-state index contributed by atoms with van der Waals surface area (Å²) in [6, 6.07) is 3.15. The van der Waals surface area contributed by atoms with Gasteiger partial charge in [0, 0.05) is 12.2 Å². The van der Waals surface area contributed by atoms with Gasteiger partial charge in [-0.2, -0.15) is 5.10 Å². The van der Waals surface area contributed by atoms with E-state index < -0.39 is 12.1 Å². The molecule has 132 valence electrons. The molecule has 3 rings (SSSR count). The summed E-state index contributed by atoms with van der Waals surface area (Å²) in [5, 5.41) is 6.82. The minimum absolute atomic E-state index is 0.0609. The van der Waals surface area contributed by atoms with Crippen molar-refractivity contribution in [3.05, 3.63) is 41.5 Å². The average molecular weight is 341 g/mol. The summed E-state index contributed by atoms with van der Waals surface area (Å²) in [5.74, 6) is -0.294.